The van der Waals surface area contributed by atoms with Gasteiger partial charge in [-0.15, -0.1) is 24.8 Å². The van der Waals surface area contributed by atoms with Gasteiger partial charge in [0.05, 0.1) is 13.2 Å². The summed E-state index contributed by atoms with van der Waals surface area (Å²) < 4.78 is 5.22. The van der Waals surface area contributed by atoms with Crippen LogP contribution in [0.15, 0.2) is 12.1 Å². The van der Waals surface area contributed by atoms with Crippen LogP contribution in [0, 0.1) is 0 Å². The number of aromatic hydroxyl groups is 1. The average molecular weight is 348 g/mol. The number of ether oxygens (including phenoxy) is 1. The summed E-state index contributed by atoms with van der Waals surface area (Å²) in [4.78, 5) is 15.2. The normalized spacial score (nSPS) is 13.2. The molecule has 1 aliphatic heterocycles. The van der Waals surface area contributed by atoms with E-state index in [1.54, 1.807) is 12.1 Å². The molecule has 2 heterocycles. The van der Waals surface area contributed by atoms with Gasteiger partial charge in [0, 0.05) is 20.0 Å². The summed E-state index contributed by atoms with van der Waals surface area (Å²) in [6.45, 7) is 4.13. The number of carboxylic acids is 1. The summed E-state index contributed by atoms with van der Waals surface area (Å²) in [6.07, 6.45) is 0. The van der Waals surface area contributed by atoms with Crippen LogP contribution in [0.5, 0.6) is 5.75 Å². The van der Waals surface area contributed by atoms with Crippen LogP contribution in [0.2, 0.25) is 5.15 Å². The maximum absolute atomic E-state index is 9.20. The highest BCUT2D eigenvalue weighted by Gasteiger charge is 2.13. The third-order valence-electron chi connectivity index (χ3n) is 2.15. The van der Waals surface area contributed by atoms with Gasteiger partial charge >= 0.3 is 0 Å². The smallest absolute Gasteiger partial charge is 0.300 e. The number of morpholine rings is 1. The molecule has 0 aromatic carbocycles. The quantitative estimate of drug-likeness (QED) is 0.758. The van der Waals surface area contributed by atoms with E-state index >= 15 is 0 Å². The third-order valence-corrected chi connectivity index (χ3v) is 2.43. The molecule has 0 atom stereocenters. The minimum atomic E-state index is -0.833. The van der Waals surface area contributed by atoms with Crippen molar-refractivity contribution < 1.29 is 19.7 Å². The number of aromatic nitrogens is 1. The summed E-state index contributed by atoms with van der Waals surface area (Å²) in [5, 5.41) is 16.8. The van der Waals surface area contributed by atoms with Crippen LogP contribution < -0.4 is 4.90 Å². The predicted octanol–water partition coefficient (Wildman–Crippen LogP) is 2.21. The second kappa shape index (κ2) is 10.8. The van der Waals surface area contributed by atoms with Gasteiger partial charge in [-0.3, -0.25) is 4.79 Å². The number of anilines is 1. The summed E-state index contributed by atoms with van der Waals surface area (Å²) >= 11 is 5.71. The van der Waals surface area contributed by atoms with Gasteiger partial charge < -0.3 is 19.8 Å². The van der Waals surface area contributed by atoms with Gasteiger partial charge in [-0.2, -0.15) is 0 Å². The number of hydrogen-bond donors (Lipinski definition) is 2. The van der Waals surface area contributed by atoms with Crippen LogP contribution in [0.25, 0.3) is 0 Å². The molecule has 1 aromatic rings. The molecule has 0 spiro atoms. The number of hydrogen-bond acceptors (Lipinski definition) is 5. The van der Waals surface area contributed by atoms with Crippen LogP contribution in [0.3, 0.4) is 0 Å². The number of carbonyl (C=O) groups is 1. The van der Waals surface area contributed by atoms with Gasteiger partial charge in [-0.1, -0.05) is 11.6 Å². The van der Waals surface area contributed by atoms with Crippen molar-refractivity contribution in [3.63, 3.8) is 0 Å². The molecule has 0 aliphatic carbocycles. The Morgan fingerprint density at radius 1 is 1.35 bits per heavy atom. The molecule has 0 unspecified atom stereocenters. The first-order valence-electron chi connectivity index (χ1n) is 5.38. The van der Waals surface area contributed by atoms with E-state index in [0.717, 1.165) is 25.8 Å². The first-order chi connectivity index (χ1) is 8.50. The van der Waals surface area contributed by atoms with E-state index in [4.69, 9.17) is 26.2 Å². The zero-order valence-electron chi connectivity index (χ0n) is 10.8. The molecule has 0 bridgehead atoms. The molecule has 2 rings (SSSR count). The Balaban J connectivity index is 0. The van der Waals surface area contributed by atoms with Crippen LogP contribution in [0.1, 0.15) is 6.92 Å². The average Bonchev–Trinajstić information content (AvgIpc) is 2.33. The monoisotopic (exact) mass is 346 g/mol. The van der Waals surface area contributed by atoms with Crippen molar-refractivity contribution >= 4 is 48.2 Å². The van der Waals surface area contributed by atoms with E-state index < -0.39 is 5.97 Å². The van der Waals surface area contributed by atoms with E-state index in [0.29, 0.717) is 13.2 Å². The van der Waals surface area contributed by atoms with Crippen molar-refractivity contribution in [3.8, 4) is 5.75 Å². The lowest BCUT2D eigenvalue weighted by atomic mass is 10.3. The van der Waals surface area contributed by atoms with Crippen molar-refractivity contribution in [3.05, 3.63) is 17.3 Å². The molecule has 0 saturated carbocycles. The lowest BCUT2D eigenvalue weighted by molar-refractivity contribution is -0.134. The number of carboxylic acid groups (broad SMARTS) is 1. The van der Waals surface area contributed by atoms with Crippen molar-refractivity contribution in [2.24, 2.45) is 0 Å². The molecule has 20 heavy (non-hydrogen) atoms. The van der Waals surface area contributed by atoms with E-state index in [1.807, 2.05) is 0 Å². The van der Waals surface area contributed by atoms with Crippen molar-refractivity contribution in [1.29, 1.82) is 0 Å². The van der Waals surface area contributed by atoms with Crippen LogP contribution in [0.4, 0.5) is 5.82 Å². The second-order valence-electron chi connectivity index (χ2n) is 3.60. The number of pyridine rings is 1. The SMILES string of the molecule is CC(=O)O.Cl.Cl.Oc1ccc(N2CCOCC2)nc1Cl. The zero-order chi connectivity index (χ0) is 13.5. The summed E-state index contributed by atoms with van der Waals surface area (Å²) in [5.41, 5.74) is 0. The van der Waals surface area contributed by atoms with Crippen LogP contribution in [-0.2, 0) is 9.53 Å². The van der Waals surface area contributed by atoms with Crippen LogP contribution >= 0.6 is 36.4 Å². The van der Waals surface area contributed by atoms with Gasteiger partial charge in [0.1, 0.15) is 5.82 Å². The molecule has 2 N–H and O–H groups in total. The van der Waals surface area contributed by atoms with Gasteiger partial charge in [0.15, 0.2) is 10.9 Å². The molecule has 6 nitrogen and oxygen atoms in total. The summed E-state index contributed by atoms with van der Waals surface area (Å²) in [6, 6.07) is 3.31. The first-order valence-corrected chi connectivity index (χ1v) is 5.76. The largest absolute Gasteiger partial charge is 0.505 e. The Morgan fingerprint density at radius 3 is 2.30 bits per heavy atom. The van der Waals surface area contributed by atoms with Gasteiger partial charge in [-0.25, -0.2) is 4.98 Å². The van der Waals surface area contributed by atoms with E-state index in [-0.39, 0.29) is 35.7 Å². The molecule has 1 aliphatic rings. The second-order valence-corrected chi connectivity index (χ2v) is 3.96. The Labute approximate surface area is 134 Å². The summed E-state index contributed by atoms with van der Waals surface area (Å²) in [5.74, 6) is -0.0280. The van der Waals surface area contributed by atoms with E-state index in [2.05, 4.69) is 9.88 Å². The predicted molar refractivity (Wildman–Crippen MR) is 81.7 cm³/mol. The van der Waals surface area contributed by atoms with Gasteiger partial charge in [-0.05, 0) is 12.1 Å². The van der Waals surface area contributed by atoms with Gasteiger partial charge in [0.25, 0.3) is 5.97 Å². The Bertz CT molecular complexity index is 411. The molecular formula is C11H17Cl3N2O4. The number of rotatable bonds is 1. The molecule has 116 valence electrons. The maximum Gasteiger partial charge on any atom is 0.300 e. The molecule has 1 aromatic heterocycles. The highest BCUT2D eigenvalue weighted by molar-refractivity contribution is 6.30. The summed E-state index contributed by atoms with van der Waals surface area (Å²) in [7, 11) is 0. The van der Waals surface area contributed by atoms with Crippen molar-refractivity contribution in [1.82, 2.24) is 4.98 Å². The van der Waals surface area contributed by atoms with E-state index in [9.17, 15) is 5.11 Å². The number of halogens is 3. The van der Waals surface area contributed by atoms with Crippen molar-refractivity contribution in [2.45, 2.75) is 6.92 Å². The molecule has 0 radical (unpaired) electrons. The standard InChI is InChI=1S/C9H11ClN2O2.C2H4O2.2ClH/c10-9-7(13)1-2-8(11-9)12-3-5-14-6-4-12;1-2(3)4;;/h1-2,13H,3-6H2;1H3,(H,3,4);2*1H. The number of nitrogens with zero attached hydrogens (tertiary/aromatic N) is 2. The first kappa shape index (κ1) is 21.4. The fourth-order valence-electron chi connectivity index (χ4n) is 1.39. The minimum absolute atomic E-state index is 0. The lowest BCUT2D eigenvalue weighted by Crippen LogP contribution is -2.36. The minimum Gasteiger partial charge on any atom is -0.505 e. The maximum atomic E-state index is 9.20. The lowest BCUT2D eigenvalue weighted by Gasteiger charge is -2.27. The fraction of sp³-hybridized carbons (Fsp3) is 0.455. The highest BCUT2D eigenvalue weighted by Crippen LogP contribution is 2.24. The topological polar surface area (TPSA) is 82.9 Å². The zero-order valence-corrected chi connectivity index (χ0v) is 13.2. The van der Waals surface area contributed by atoms with Crippen molar-refractivity contribution in [2.75, 3.05) is 31.2 Å². The van der Waals surface area contributed by atoms with Gasteiger partial charge in [0.2, 0.25) is 0 Å². The Morgan fingerprint density at radius 2 is 1.85 bits per heavy atom. The number of aliphatic carboxylic acids is 1. The molecule has 0 amide bonds. The highest BCUT2D eigenvalue weighted by atomic mass is 35.5. The molecular weight excluding hydrogens is 330 g/mol. The Kier molecular flexibility index (Phi) is 11.5. The third kappa shape index (κ3) is 7.59. The van der Waals surface area contributed by atoms with E-state index in [1.165, 1.54) is 0 Å². The Hall–Kier alpha value is -0.950. The molecule has 1 fully saturated rings. The van der Waals surface area contributed by atoms with Crippen LogP contribution in [-0.4, -0.2) is 47.5 Å². The molecule has 1 saturated heterocycles. The molecule has 9 heteroatoms. The fourth-order valence-corrected chi connectivity index (χ4v) is 1.54.